The van der Waals surface area contributed by atoms with Gasteiger partial charge >= 0.3 is 11.9 Å². The van der Waals surface area contributed by atoms with Crippen LogP contribution in [0, 0.1) is 0 Å². The SMILES string of the molecule is CCCCCCCC/C=C\CCCCCCCCCC(=O)OC(COC(=O)CCCCCCCCCCCCCCCCCCCCCC)COC1OC(CS(=O)(=O)O)C(O)C(O)C1O. The Kier molecular flexibility index (Phi) is 40.1. The number of allylic oxidation sites excluding steroid dienone is 2. The maximum absolute atomic E-state index is 12.9. The average Bonchev–Trinajstić information content (AvgIpc) is 3.27. The lowest BCUT2D eigenvalue weighted by Crippen LogP contribution is -2.60. The second-order valence-corrected chi connectivity index (χ2v) is 20.4. The van der Waals surface area contributed by atoms with E-state index in [1.54, 1.807) is 0 Å². The maximum atomic E-state index is 12.9. The van der Waals surface area contributed by atoms with E-state index in [1.807, 2.05) is 0 Å². The van der Waals surface area contributed by atoms with Gasteiger partial charge in [-0.25, -0.2) is 0 Å². The second kappa shape index (κ2) is 42.5. The zero-order chi connectivity index (χ0) is 47.6. The monoisotopic (exact) mass is 947 g/mol. The molecule has 0 spiro atoms. The van der Waals surface area contributed by atoms with Gasteiger partial charge in [0.2, 0.25) is 0 Å². The highest BCUT2D eigenvalue weighted by atomic mass is 32.2. The average molecular weight is 947 g/mol. The normalized spacial score (nSPS) is 19.5. The largest absolute Gasteiger partial charge is 0.462 e. The Labute approximate surface area is 396 Å². The molecule has 13 heteroatoms. The van der Waals surface area contributed by atoms with Crippen molar-refractivity contribution in [1.29, 1.82) is 0 Å². The van der Waals surface area contributed by atoms with Crippen molar-refractivity contribution in [2.45, 2.75) is 288 Å². The topological polar surface area (TPSA) is 186 Å². The fraction of sp³-hybridized carbons (Fsp3) is 0.923. The van der Waals surface area contributed by atoms with Crippen molar-refractivity contribution in [1.82, 2.24) is 0 Å². The molecule has 384 valence electrons. The Morgan fingerprint density at radius 1 is 0.508 bits per heavy atom. The van der Waals surface area contributed by atoms with Crippen LogP contribution in [0.2, 0.25) is 0 Å². The lowest BCUT2D eigenvalue weighted by atomic mass is 10.00. The van der Waals surface area contributed by atoms with E-state index < -0.39 is 71.2 Å². The van der Waals surface area contributed by atoms with Crippen LogP contribution in [0.1, 0.15) is 251 Å². The minimum Gasteiger partial charge on any atom is -0.462 e. The molecule has 6 atom stereocenters. The minimum absolute atomic E-state index is 0.164. The number of hydrogen-bond acceptors (Lipinski definition) is 11. The number of aliphatic hydroxyl groups excluding tert-OH is 3. The Hall–Kier alpha value is -1.61. The van der Waals surface area contributed by atoms with E-state index in [4.69, 9.17) is 18.9 Å². The first-order valence-electron chi connectivity index (χ1n) is 26.7. The van der Waals surface area contributed by atoms with Crippen LogP contribution in [0.5, 0.6) is 0 Å². The second-order valence-electron chi connectivity index (χ2n) is 18.9. The highest BCUT2D eigenvalue weighted by molar-refractivity contribution is 7.85. The maximum Gasteiger partial charge on any atom is 0.306 e. The molecular formula is C52H98O12S. The molecule has 0 saturated carbocycles. The highest BCUT2D eigenvalue weighted by Crippen LogP contribution is 2.24. The molecule has 1 fully saturated rings. The van der Waals surface area contributed by atoms with Gasteiger partial charge in [0.1, 0.15) is 36.8 Å². The number of ether oxygens (including phenoxy) is 4. The standard InChI is InChI=1S/C52H98O12S/c1-3-5-7-9-11-13-15-17-19-21-22-23-25-26-28-30-32-34-36-38-40-47(53)61-42-45(43-62-52-51(57)50(56)49(55)46(64-52)44-65(58,59)60)63-48(54)41-39-37-35-33-31-29-27-24-20-18-16-14-12-10-8-6-4-2/h18,20,45-46,49-52,55-57H,3-17,19,21-44H2,1-2H3,(H,58,59,60)/b20-18-. The predicted molar refractivity (Wildman–Crippen MR) is 261 cm³/mol. The number of hydrogen-bond donors (Lipinski definition) is 4. The van der Waals surface area contributed by atoms with Gasteiger partial charge < -0.3 is 34.3 Å². The highest BCUT2D eigenvalue weighted by Gasteiger charge is 2.46. The summed E-state index contributed by atoms with van der Waals surface area (Å²) in [7, 11) is -4.60. The zero-order valence-electron chi connectivity index (χ0n) is 41.4. The smallest absolute Gasteiger partial charge is 0.306 e. The molecule has 0 aliphatic carbocycles. The third-order valence-corrected chi connectivity index (χ3v) is 13.3. The number of carbonyl (C=O) groups is 2. The van der Waals surface area contributed by atoms with Crippen molar-refractivity contribution in [3.63, 3.8) is 0 Å². The summed E-state index contributed by atoms with van der Waals surface area (Å²) in [6, 6.07) is 0. The quantitative estimate of drug-likeness (QED) is 0.0196. The van der Waals surface area contributed by atoms with E-state index >= 15 is 0 Å². The number of carbonyl (C=O) groups excluding carboxylic acids is 2. The van der Waals surface area contributed by atoms with Crippen LogP contribution in [0.3, 0.4) is 0 Å². The first kappa shape index (κ1) is 61.4. The molecular weight excluding hydrogens is 849 g/mol. The summed E-state index contributed by atoms with van der Waals surface area (Å²) < 4.78 is 54.3. The molecule has 1 heterocycles. The van der Waals surface area contributed by atoms with Crippen molar-refractivity contribution in [3.8, 4) is 0 Å². The summed E-state index contributed by atoms with van der Waals surface area (Å²) in [5, 5.41) is 31.0. The van der Waals surface area contributed by atoms with Crippen LogP contribution in [-0.4, -0.2) is 96.0 Å². The van der Waals surface area contributed by atoms with Crippen LogP contribution >= 0.6 is 0 Å². The van der Waals surface area contributed by atoms with Gasteiger partial charge in [-0.15, -0.1) is 0 Å². The molecule has 0 aromatic carbocycles. The molecule has 1 saturated heterocycles. The van der Waals surface area contributed by atoms with Gasteiger partial charge in [-0.2, -0.15) is 8.42 Å². The summed E-state index contributed by atoms with van der Waals surface area (Å²) in [4.78, 5) is 25.5. The molecule has 1 rings (SSSR count). The van der Waals surface area contributed by atoms with E-state index in [9.17, 15) is 37.9 Å². The van der Waals surface area contributed by atoms with Crippen molar-refractivity contribution in [3.05, 3.63) is 12.2 Å². The Morgan fingerprint density at radius 3 is 1.28 bits per heavy atom. The van der Waals surface area contributed by atoms with Crippen molar-refractivity contribution in [2.24, 2.45) is 0 Å². The summed E-state index contributed by atoms with van der Waals surface area (Å²) in [5.74, 6) is -1.97. The van der Waals surface area contributed by atoms with Crippen molar-refractivity contribution in [2.75, 3.05) is 19.0 Å². The molecule has 1 aliphatic heterocycles. The predicted octanol–water partition coefficient (Wildman–Crippen LogP) is 12.2. The van der Waals surface area contributed by atoms with Crippen LogP contribution in [0.4, 0.5) is 0 Å². The Morgan fingerprint density at radius 2 is 0.877 bits per heavy atom. The number of aliphatic hydroxyl groups is 3. The lowest BCUT2D eigenvalue weighted by Gasteiger charge is -2.40. The lowest BCUT2D eigenvalue weighted by molar-refractivity contribution is -0.297. The molecule has 4 N–H and O–H groups in total. The molecule has 0 radical (unpaired) electrons. The van der Waals surface area contributed by atoms with Gasteiger partial charge in [0, 0.05) is 12.8 Å². The fourth-order valence-electron chi connectivity index (χ4n) is 8.44. The van der Waals surface area contributed by atoms with Crippen molar-refractivity contribution >= 4 is 22.1 Å². The third-order valence-electron chi connectivity index (χ3n) is 12.6. The van der Waals surface area contributed by atoms with Gasteiger partial charge in [0.05, 0.1) is 6.61 Å². The minimum atomic E-state index is -4.60. The van der Waals surface area contributed by atoms with Crippen LogP contribution in [0.15, 0.2) is 12.2 Å². The third kappa shape index (κ3) is 37.0. The van der Waals surface area contributed by atoms with E-state index in [0.29, 0.717) is 12.8 Å². The van der Waals surface area contributed by atoms with Crippen LogP contribution < -0.4 is 0 Å². The summed E-state index contributed by atoms with van der Waals surface area (Å²) >= 11 is 0. The molecule has 0 aromatic heterocycles. The summed E-state index contributed by atoms with van der Waals surface area (Å²) in [6.07, 6.45) is 38.2. The van der Waals surface area contributed by atoms with Crippen LogP contribution in [-0.2, 0) is 38.7 Å². The summed E-state index contributed by atoms with van der Waals surface area (Å²) in [6.45, 7) is 3.80. The number of esters is 2. The Balaban J connectivity index is 2.34. The molecule has 12 nitrogen and oxygen atoms in total. The van der Waals surface area contributed by atoms with Gasteiger partial charge in [0.25, 0.3) is 10.1 Å². The molecule has 6 unspecified atom stereocenters. The van der Waals surface area contributed by atoms with E-state index in [1.165, 1.54) is 161 Å². The van der Waals surface area contributed by atoms with E-state index in [0.717, 1.165) is 51.4 Å². The van der Waals surface area contributed by atoms with Gasteiger partial charge in [-0.05, 0) is 38.5 Å². The molecule has 0 bridgehead atoms. The zero-order valence-corrected chi connectivity index (χ0v) is 42.2. The van der Waals surface area contributed by atoms with Crippen molar-refractivity contribution < 1.29 is 56.8 Å². The van der Waals surface area contributed by atoms with Gasteiger partial charge in [-0.3, -0.25) is 14.1 Å². The first-order valence-corrected chi connectivity index (χ1v) is 28.4. The number of unbranched alkanes of at least 4 members (excludes halogenated alkanes) is 32. The van der Waals surface area contributed by atoms with E-state index in [-0.39, 0.29) is 19.4 Å². The fourth-order valence-corrected chi connectivity index (χ4v) is 9.13. The van der Waals surface area contributed by atoms with E-state index in [2.05, 4.69) is 26.0 Å². The molecule has 0 amide bonds. The number of rotatable bonds is 46. The van der Waals surface area contributed by atoms with Gasteiger partial charge in [0.15, 0.2) is 12.4 Å². The van der Waals surface area contributed by atoms with Crippen LogP contribution in [0.25, 0.3) is 0 Å². The first-order chi connectivity index (χ1) is 31.5. The van der Waals surface area contributed by atoms with Gasteiger partial charge in [-0.1, -0.05) is 212 Å². The molecule has 1 aliphatic rings. The summed E-state index contributed by atoms with van der Waals surface area (Å²) in [5.41, 5.74) is 0. The Bertz CT molecular complexity index is 1250. The molecule has 65 heavy (non-hydrogen) atoms. The molecule has 0 aromatic rings.